The van der Waals surface area contributed by atoms with Crippen molar-refractivity contribution < 1.29 is 0 Å². The largest absolute Gasteiger partial charge is 0.354 e. The molecule has 0 saturated heterocycles. The van der Waals surface area contributed by atoms with Crippen LogP contribution in [0.1, 0.15) is 0 Å². The van der Waals surface area contributed by atoms with Gasteiger partial charge in [0, 0.05) is 21.4 Å². The van der Waals surface area contributed by atoms with Crippen LogP contribution in [0.4, 0.5) is 11.4 Å². The van der Waals surface area contributed by atoms with E-state index in [1.54, 1.807) is 12.4 Å². The van der Waals surface area contributed by atoms with Crippen LogP contribution in [0.5, 0.6) is 0 Å². The van der Waals surface area contributed by atoms with Crippen molar-refractivity contribution in [2.45, 2.75) is 0 Å². The van der Waals surface area contributed by atoms with E-state index in [1.165, 1.54) is 0 Å². The van der Waals surface area contributed by atoms with Crippen molar-refractivity contribution in [3.8, 4) is 0 Å². The summed E-state index contributed by atoms with van der Waals surface area (Å²) < 4.78 is 0.946. The number of anilines is 2. The van der Waals surface area contributed by atoms with Crippen molar-refractivity contribution in [2.24, 2.45) is 0 Å². The van der Waals surface area contributed by atoms with Crippen molar-refractivity contribution in [1.29, 1.82) is 0 Å². The molecular weight excluding hydrogens is 275 g/mol. The molecule has 1 aromatic carbocycles. The van der Waals surface area contributed by atoms with Gasteiger partial charge in [-0.15, -0.1) is 0 Å². The molecule has 0 amide bonds. The highest BCUT2D eigenvalue weighted by atomic mass is 79.9. The highest BCUT2D eigenvalue weighted by Gasteiger charge is 1.95. The van der Waals surface area contributed by atoms with E-state index < -0.39 is 0 Å². The smallest absolute Gasteiger partial charge is 0.0582 e. The summed E-state index contributed by atoms with van der Waals surface area (Å²) in [4.78, 5) is 4.06. The van der Waals surface area contributed by atoms with E-state index in [4.69, 9.17) is 11.6 Å². The van der Waals surface area contributed by atoms with Crippen LogP contribution in [0, 0.1) is 0 Å². The molecule has 0 aliphatic carbocycles. The third-order valence-electron chi connectivity index (χ3n) is 1.84. The lowest BCUT2D eigenvalue weighted by molar-refractivity contribution is 1.30. The number of hydrogen-bond acceptors (Lipinski definition) is 2. The minimum atomic E-state index is 0.730. The van der Waals surface area contributed by atoms with Crippen LogP contribution in [-0.4, -0.2) is 4.98 Å². The summed E-state index contributed by atoms with van der Waals surface area (Å²) in [5.74, 6) is 0. The maximum absolute atomic E-state index is 5.79. The second-order valence-electron chi connectivity index (χ2n) is 3.02. The third-order valence-corrected chi connectivity index (χ3v) is 2.52. The van der Waals surface area contributed by atoms with E-state index in [0.717, 1.165) is 20.9 Å². The zero-order chi connectivity index (χ0) is 10.7. The normalized spacial score (nSPS) is 10.0. The Kier molecular flexibility index (Phi) is 3.23. The third kappa shape index (κ3) is 2.94. The molecule has 0 bridgehead atoms. The summed E-state index contributed by atoms with van der Waals surface area (Å²) in [5, 5.41) is 3.95. The van der Waals surface area contributed by atoms with Gasteiger partial charge in [-0.3, -0.25) is 4.98 Å². The van der Waals surface area contributed by atoms with E-state index in [2.05, 4.69) is 26.2 Å². The Morgan fingerprint density at radius 3 is 2.47 bits per heavy atom. The van der Waals surface area contributed by atoms with Gasteiger partial charge < -0.3 is 5.32 Å². The van der Waals surface area contributed by atoms with Crippen molar-refractivity contribution in [2.75, 3.05) is 5.32 Å². The predicted octanol–water partition coefficient (Wildman–Crippen LogP) is 4.24. The molecule has 4 heteroatoms. The van der Waals surface area contributed by atoms with Gasteiger partial charge >= 0.3 is 0 Å². The van der Waals surface area contributed by atoms with E-state index in [-0.39, 0.29) is 0 Å². The number of rotatable bonds is 2. The molecule has 0 radical (unpaired) electrons. The van der Waals surface area contributed by atoms with Crippen LogP contribution in [0.15, 0.2) is 47.2 Å². The highest BCUT2D eigenvalue weighted by molar-refractivity contribution is 9.10. The SMILES string of the molecule is Clc1ccc(Nc2cncc(Br)c2)cc1. The molecule has 2 nitrogen and oxygen atoms in total. The number of pyridine rings is 1. The number of halogens is 2. The van der Waals surface area contributed by atoms with Crippen molar-refractivity contribution in [1.82, 2.24) is 4.98 Å². The molecular formula is C11H8BrClN2. The number of aromatic nitrogens is 1. The average molecular weight is 284 g/mol. The Morgan fingerprint density at radius 2 is 1.80 bits per heavy atom. The van der Waals surface area contributed by atoms with Crippen LogP contribution in [0.25, 0.3) is 0 Å². The van der Waals surface area contributed by atoms with Gasteiger partial charge in [-0.05, 0) is 46.3 Å². The van der Waals surface area contributed by atoms with Gasteiger partial charge in [0.15, 0.2) is 0 Å². The molecule has 1 N–H and O–H groups in total. The molecule has 1 heterocycles. The monoisotopic (exact) mass is 282 g/mol. The predicted molar refractivity (Wildman–Crippen MR) is 66.7 cm³/mol. The van der Waals surface area contributed by atoms with Gasteiger partial charge in [0.1, 0.15) is 0 Å². The molecule has 0 fully saturated rings. The Bertz CT molecular complexity index is 456. The summed E-state index contributed by atoms with van der Waals surface area (Å²) in [6.07, 6.45) is 3.51. The van der Waals surface area contributed by atoms with E-state index in [1.807, 2.05) is 30.3 Å². The lowest BCUT2D eigenvalue weighted by Gasteiger charge is -2.05. The molecule has 1 aromatic heterocycles. The molecule has 0 saturated carbocycles. The molecule has 0 aliphatic heterocycles. The minimum Gasteiger partial charge on any atom is -0.354 e. The average Bonchev–Trinajstić information content (AvgIpc) is 2.22. The lowest BCUT2D eigenvalue weighted by Crippen LogP contribution is -1.90. The van der Waals surface area contributed by atoms with Gasteiger partial charge in [-0.25, -0.2) is 0 Å². The number of hydrogen-bond donors (Lipinski definition) is 1. The molecule has 2 rings (SSSR count). The Hall–Kier alpha value is -1.06. The van der Waals surface area contributed by atoms with Crippen LogP contribution in [0.3, 0.4) is 0 Å². The summed E-state index contributed by atoms with van der Waals surface area (Å²) in [5.41, 5.74) is 1.92. The lowest BCUT2D eigenvalue weighted by atomic mass is 10.3. The fourth-order valence-corrected chi connectivity index (χ4v) is 1.67. The van der Waals surface area contributed by atoms with E-state index >= 15 is 0 Å². The van der Waals surface area contributed by atoms with E-state index in [0.29, 0.717) is 0 Å². The standard InChI is InChI=1S/C11H8BrClN2/c12-8-5-11(7-14-6-8)15-10-3-1-9(13)2-4-10/h1-7,15H. The zero-order valence-corrected chi connectivity index (χ0v) is 10.1. The molecule has 0 spiro atoms. The first-order valence-corrected chi connectivity index (χ1v) is 5.54. The maximum Gasteiger partial charge on any atom is 0.0582 e. The van der Waals surface area contributed by atoms with Gasteiger partial charge in [-0.2, -0.15) is 0 Å². The quantitative estimate of drug-likeness (QED) is 0.891. The number of nitrogens with zero attached hydrogens (tertiary/aromatic N) is 1. The van der Waals surface area contributed by atoms with Crippen LogP contribution in [0.2, 0.25) is 5.02 Å². The summed E-state index contributed by atoms with van der Waals surface area (Å²) in [6, 6.07) is 9.48. The first-order valence-electron chi connectivity index (χ1n) is 4.37. The van der Waals surface area contributed by atoms with E-state index in [9.17, 15) is 0 Å². The minimum absolute atomic E-state index is 0.730. The van der Waals surface area contributed by atoms with Gasteiger partial charge in [0.2, 0.25) is 0 Å². The van der Waals surface area contributed by atoms with Crippen LogP contribution >= 0.6 is 27.5 Å². The van der Waals surface area contributed by atoms with Crippen LogP contribution < -0.4 is 5.32 Å². The summed E-state index contributed by atoms with van der Waals surface area (Å²) >= 11 is 9.16. The van der Waals surface area contributed by atoms with Gasteiger partial charge in [-0.1, -0.05) is 11.6 Å². The first-order chi connectivity index (χ1) is 7.24. The second-order valence-corrected chi connectivity index (χ2v) is 4.38. The van der Waals surface area contributed by atoms with Crippen molar-refractivity contribution >= 4 is 38.9 Å². The molecule has 15 heavy (non-hydrogen) atoms. The topological polar surface area (TPSA) is 24.9 Å². The van der Waals surface area contributed by atoms with Crippen molar-refractivity contribution in [3.05, 3.63) is 52.2 Å². The van der Waals surface area contributed by atoms with Gasteiger partial charge in [0.05, 0.1) is 11.9 Å². The fourth-order valence-electron chi connectivity index (χ4n) is 1.18. The van der Waals surface area contributed by atoms with Crippen LogP contribution in [-0.2, 0) is 0 Å². The molecule has 0 unspecified atom stereocenters. The Balaban J connectivity index is 2.18. The molecule has 2 aromatic rings. The summed E-state index contributed by atoms with van der Waals surface area (Å²) in [7, 11) is 0. The Morgan fingerprint density at radius 1 is 1.07 bits per heavy atom. The van der Waals surface area contributed by atoms with Crippen molar-refractivity contribution in [3.63, 3.8) is 0 Å². The zero-order valence-electron chi connectivity index (χ0n) is 7.74. The highest BCUT2D eigenvalue weighted by Crippen LogP contribution is 2.20. The Labute approximate surface area is 101 Å². The fraction of sp³-hybridized carbons (Fsp3) is 0. The van der Waals surface area contributed by atoms with Gasteiger partial charge in [0.25, 0.3) is 0 Å². The molecule has 0 atom stereocenters. The number of nitrogens with one attached hydrogen (secondary N) is 1. The number of benzene rings is 1. The molecule has 0 aliphatic rings. The second kappa shape index (κ2) is 4.64. The first kappa shape index (κ1) is 10.5. The summed E-state index contributed by atoms with van der Waals surface area (Å²) in [6.45, 7) is 0. The maximum atomic E-state index is 5.79. The molecule has 76 valence electrons.